The van der Waals surface area contributed by atoms with Gasteiger partial charge in [0.1, 0.15) is 11.4 Å². The van der Waals surface area contributed by atoms with E-state index in [0.717, 1.165) is 0 Å². The van der Waals surface area contributed by atoms with E-state index in [-0.39, 0.29) is 12.5 Å². The summed E-state index contributed by atoms with van der Waals surface area (Å²) in [6, 6.07) is 4.77. The van der Waals surface area contributed by atoms with Crippen LogP contribution in [-0.2, 0) is 9.53 Å². The summed E-state index contributed by atoms with van der Waals surface area (Å²) in [4.78, 5) is 23.1. The lowest BCUT2D eigenvalue weighted by molar-refractivity contribution is -0.123. The van der Waals surface area contributed by atoms with Gasteiger partial charge in [0, 0.05) is 19.2 Å². The Morgan fingerprint density at radius 2 is 1.75 bits per heavy atom. The third kappa shape index (κ3) is 8.84. The number of benzene rings is 1. The molecule has 6 nitrogen and oxygen atoms in total. The molecule has 24 heavy (non-hydrogen) atoms. The molecular weight excluding hydrogens is 355 g/mol. The van der Waals surface area contributed by atoms with Crippen molar-refractivity contribution in [2.24, 2.45) is 0 Å². The highest BCUT2D eigenvalue weighted by atomic mass is 35.5. The molecule has 0 saturated heterocycles. The molecule has 2 amide bonds. The number of hydrogen-bond acceptors (Lipinski definition) is 4. The summed E-state index contributed by atoms with van der Waals surface area (Å²) < 4.78 is 10.4. The number of halogens is 2. The Morgan fingerprint density at radius 3 is 2.38 bits per heavy atom. The Bertz CT molecular complexity index is 574. The predicted molar refractivity (Wildman–Crippen MR) is 93.8 cm³/mol. The zero-order valence-electron chi connectivity index (χ0n) is 13.9. The van der Waals surface area contributed by atoms with Crippen LogP contribution in [0, 0.1) is 0 Å². The van der Waals surface area contributed by atoms with Gasteiger partial charge in [0.2, 0.25) is 0 Å². The highest BCUT2D eigenvalue weighted by Crippen LogP contribution is 2.26. The number of carbonyl (C=O) groups excluding carboxylic acids is 2. The summed E-state index contributed by atoms with van der Waals surface area (Å²) in [7, 11) is 0. The van der Waals surface area contributed by atoms with E-state index in [2.05, 4.69) is 10.6 Å². The van der Waals surface area contributed by atoms with E-state index in [1.165, 1.54) is 0 Å². The Kier molecular flexibility index (Phi) is 8.15. The van der Waals surface area contributed by atoms with Crippen LogP contribution in [0.4, 0.5) is 4.79 Å². The number of rotatable bonds is 7. The summed E-state index contributed by atoms with van der Waals surface area (Å²) >= 11 is 11.6. The Morgan fingerprint density at radius 1 is 1.08 bits per heavy atom. The molecule has 0 aliphatic heterocycles. The molecule has 2 N–H and O–H groups in total. The SMILES string of the molecule is CC(C)(C)OC(=O)NCCCNC(=O)COc1ccc(Cl)c(Cl)c1. The molecule has 1 aromatic carbocycles. The lowest BCUT2D eigenvalue weighted by Crippen LogP contribution is -2.35. The molecule has 0 fully saturated rings. The van der Waals surface area contributed by atoms with E-state index in [9.17, 15) is 9.59 Å². The first-order valence-corrected chi connectivity index (χ1v) is 8.24. The molecule has 1 aromatic rings. The van der Waals surface area contributed by atoms with Gasteiger partial charge in [-0.3, -0.25) is 4.79 Å². The lowest BCUT2D eigenvalue weighted by Gasteiger charge is -2.19. The van der Waals surface area contributed by atoms with Crippen LogP contribution in [0.25, 0.3) is 0 Å². The molecule has 0 atom stereocenters. The van der Waals surface area contributed by atoms with Gasteiger partial charge in [0.15, 0.2) is 6.61 Å². The highest BCUT2D eigenvalue weighted by Gasteiger charge is 2.15. The van der Waals surface area contributed by atoms with Gasteiger partial charge in [-0.25, -0.2) is 4.79 Å². The third-order valence-electron chi connectivity index (χ3n) is 2.60. The first kappa shape index (κ1) is 20.4. The molecule has 0 heterocycles. The van der Waals surface area contributed by atoms with Crippen LogP contribution in [0.1, 0.15) is 27.2 Å². The van der Waals surface area contributed by atoms with Crippen LogP contribution in [0.3, 0.4) is 0 Å². The van der Waals surface area contributed by atoms with Gasteiger partial charge in [-0.1, -0.05) is 23.2 Å². The summed E-state index contributed by atoms with van der Waals surface area (Å²) in [5.41, 5.74) is -0.528. The third-order valence-corrected chi connectivity index (χ3v) is 3.34. The van der Waals surface area contributed by atoms with E-state index in [1.54, 1.807) is 39.0 Å². The minimum absolute atomic E-state index is 0.128. The summed E-state index contributed by atoms with van der Waals surface area (Å²) in [5, 5.41) is 6.08. The standard InChI is InChI=1S/C16H22Cl2N2O4/c1-16(2,3)24-15(22)20-8-4-7-19-14(21)10-23-11-5-6-12(17)13(18)9-11/h5-6,9H,4,7-8,10H2,1-3H3,(H,19,21)(H,20,22). The van der Waals surface area contributed by atoms with Crippen LogP contribution in [0.5, 0.6) is 5.75 Å². The number of carbonyl (C=O) groups is 2. The second-order valence-electron chi connectivity index (χ2n) is 6.00. The monoisotopic (exact) mass is 376 g/mol. The first-order chi connectivity index (χ1) is 11.2. The van der Waals surface area contributed by atoms with Crippen LogP contribution in [-0.4, -0.2) is 37.3 Å². The minimum Gasteiger partial charge on any atom is -0.484 e. The Labute approximate surface area is 151 Å². The van der Waals surface area contributed by atoms with E-state index in [4.69, 9.17) is 32.7 Å². The molecule has 0 spiro atoms. The Balaban J connectivity index is 2.14. The average molecular weight is 377 g/mol. The molecule has 8 heteroatoms. The van der Waals surface area contributed by atoms with Gasteiger partial charge >= 0.3 is 6.09 Å². The minimum atomic E-state index is -0.528. The van der Waals surface area contributed by atoms with Gasteiger partial charge in [-0.05, 0) is 39.3 Å². The maximum atomic E-state index is 11.6. The molecule has 0 aliphatic carbocycles. The van der Waals surface area contributed by atoms with Crippen molar-refractivity contribution in [2.45, 2.75) is 32.8 Å². The maximum absolute atomic E-state index is 11.6. The fraction of sp³-hybridized carbons (Fsp3) is 0.500. The van der Waals surface area contributed by atoms with Crippen molar-refractivity contribution < 1.29 is 19.1 Å². The quantitative estimate of drug-likeness (QED) is 0.714. The molecule has 0 unspecified atom stereocenters. The number of nitrogens with one attached hydrogen (secondary N) is 2. The number of hydrogen-bond donors (Lipinski definition) is 2. The normalized spacial score (nSPS) is 10.9. The molecule has 0 saturated carbocycles. The molecular formula is C16H22Cl2N2O4. The topological polar surface area (TPSA) is 76.7 Å². The summed E-state index contributed by atoms with van der Waals surface area (Å²) in [6.07, 6.45) is 0.106. The largest absolute Gasteiger partial charge is 0.484 e. The van der Waals surface area contributed by atoms with Gasteiger partial charge < -0.3 is 20.1 Å². The molecule has 0 radical (unpaired) electrons. The van der Waals surface area contributed by atoms with E-state index in [1.807, 2.05) is 0 Å². The fourth-order valence-corrected chi connectivity index (χ4v) is 1.88. The number of ether oxygens (including phenoxy) is 2. The van der Waals surface area contributed by atoms with Crippen molar-refractivity contribution in [3.05, 3.63) is 28.2 Å². The first-order valence-electron chi connectivity index (χ1n) is 7.49. The van der Waals surface area contributed by atoms with Crippen LogP contribution in [0.2, 0.25) is 10.0 Å². The van der Waals surface area contributed by atoms with Crippen LogP contribution >= 0.6 is 23.2 Å². The molecule has 0 aliphatic rings. The smallest absolute Gasteiger partial charge is 0.407 e. The van der Waals surface area contributed by atoms with Crippen molar-refractivity contribution in [2.75, 3.05) is 19.7 Å². The second-order valence-corrected chi connectivity index (χ2v) is 6.81. The van der Waals surface area contributed by atoms with Crippen molar-refractivity contribution in [1.82, 2.24) is 10.6 Å². The lowest BCUT2D eigenvalue weighted by atomic mass is 10.2. The van der Waals surface area contributed by atoms with Gasteiger partial charge in [-0.15, -0.1) is 0 Å². The zero-order valence-corrected chi connectivity index (χ0v) is 15.5. The molecule has 134 valence electrons. The average Bonchev–Trinajstić information content (AvgIpc) is 2.46. The van der Waals surface area contributed by atoms with E-state index >= 15 is 0 Å². The maximum Gasteiger partial charge on any atom is 0.407 e. The predicted octanol–water partition coefficient (Wildman–Crippen LogP) is 3.40. The summed E-state index contributed by atoms with van der Waals surface area (Å²) in [5.74, 6) is 0.199. The van der Waals surface area contributed by atoms with Crippen molar-refractivity contribution in [3.8, 4) is 5.75 Å². The Hall–Kier alpha value is -1.66. The van der Waals surface area contributed by atoms with Crippen LogP contribution in [0.15, 0.2) is 18.2 Å². The van der Waals surface area contributed by atoms with Gasteiger partial charge in [0.25, 0.3) is 5.91 Å². The fourth-order valence-electron chi connectivity index (χ4n) is 1.59. The van der Waals surface area contributed by atoms with Crippen molar-refractivity contribution in [1.29, 1.82) is 0 Å². The van der Waals surface area contributed by atoms with Crippen molar-refractivity contribution in [3.63, 3.8) is 0 Å². The molecule has 0 bridgehead atoms. The summed E-state index contributed by atoms with van der Waals surface area (Å²) in [6.45, 7) is 6.07. The molecule has 0 aromatic heterocycles. The van der Waals surface area contributed by atoms with Crippen molar-refractivity contribution >= 4 is 35.2 Å². The number of alkyl carbamates (subject to hydrolysis) is 1. The zero-order chi connectivity index (χ0) is 18.2. The molecule has 1 rings (SSSR count). The van der Waals surface area contributed by atoms with Gasteiger partial charge in [0.05, 0.1) is 10.0 Å². The highest BCUT2D eigenvalue weighted by molar-refractivity contribution is 6.42. The van der Waals surface area contributed by atoms with Crippen LogP contribution < -0.4 is 15.4 Å². The number of amides is 2. The second kappa shape index (κ2) is 9.59. The van der Waals surface area contributed by atoms with Gasteiger partial charge in [-0.2, -0.15) is 0 Å². The van der Waals surface area contributed by atoms with E-state index < -0.39 is 11.7 Å². The van der Waals surface area contributed by atoms with E-state index in [0.29, 0.717) is 35.3 Å².